The maximum Gasteiger partial charge on any atom is 0.272 e. The third-order valence-electron chi connectivity index (χ3n) is 0.725. The highest BCUT2D eigenvalue weighted by molar-refractivity contribution is 4.91. The van der Waals surface area contributed by atoms with Crippen LogP contribution >= 0.6 is 0 Å². The summed E-state index contributed by atoms with van der Waals surface area (Å²) in [5, 5.41) is 0. The maximum absolute atomic E-state index is 11.4. The van der Waals surface area contributed by atoms with E-state index in [9.17, 15) is 35.1 Å². The Labute approximate surface area is 86.2 Å². The number of alkyl halides is 4. The normalized spacial score (nSPS) is 11.1. The molecule has 0 saturated carbocycles. The van der Waals surface area contributed by atoms with Crippen molar-refractivity contribution in [2.75, 3.05) is 0 Å². The Balaban J connectivity index is 0. The van der Waals surface area contributed by atoms with Gasteiger partial charge in [-0.15, -0.1) is 0 Å². The summed E-state index contributed by atoms with van der Waals surface area (Å²) >= 11 is 0. The van der Waals surface area contributed by atoms with Gasteiger partial charge in [0.2, 0.25) is 0 Å². The topological polar surface area (TPSA) is 0 Å². The van der Waals surface area contributed by atoms with E-state index in [-0.39, 0.29) is 0 Å². The van der Waals surface area contributed by atoms with E-state index in [4.69, 9.17) is 0 Å². The second kappa shape index (κ2) is 6.49. The van der Waals surface area contributed by atoms with Crippen molar-refractivity contribution >= 4 is 0 Å². The summed E-state index contributed by atoms with van der Waals surface area (Å²) < 4.78 is 89.3. The van der Waals surface area contributed by atoms with Crippen molar-refractivity contribution in [2.45, 2.75) is 25.7 Å². The van der Waals surface area contributed by atoms with Gasteiger partial charge in [0.05, 0.1) is 0 Å². The van der Waals surface area contributed by atoms with Crippen LogP contribution in [0, 0.1) is 0 Å². The SMILES string of the molecule is CC(F)(F)C=C(F)F.CC(F)(F)C=C(F)F. The fraction of sp³-hybridized carbons (Fsp3) is 0.500. The molecule has 0 aromatic heterocycles. The van der Waals surface area contributed by atoms with E-state index in [1.165, 1.54) is 0 Å². The molecule has 0 atom stereocenters. The number of allylic oxidation sites excluding steroid dienone is 2. The van der Waals surface area contributed by atoms with Crippen LogP contribution in [0.25, 0.3) is 0 Å². The minimum Gasteiger partial charge on any atom is -0.202 e. The Morgan fingerprint density at radius 1 is 0.688 bits per heavy atom. The zero-order valence-corrected chi connectivity index (χ0v) is 8.18. The van der Waals surface area contributed by atoms with Crippen LogP contribution in [0.2, 0.25) is 0 Å². The second-order valence-corrected chi connectivity index (χ2v) is 2.78. The smallest absolute Gasteiger partial charge is 0.202 e. The molecule has 0 aromatic carbocycles. The standard InChI is InChI=1S/2C4H4F4/c2*1-4(7,8)2-3(5)6/h2*2H,1H3. The average Bonchev–Trinajstić information content (AvgIpc) is 1.72. The molecule has 0 amide bonds. The first-order valence-electron chi connectivity index (χ1n) is 3.67. The van der Waals surface area contributed by atoms with Crippen molar-refractivity contribution in [3.05, 3.63) is 24.3 Å². The van der Waals surface area contributed by atoms with Gasteiger partial charge in [0.15, 0.2) is 0 Å². The average molecular weight is 256 g/mol. The fourth-order valence-electron chi connectivity index (χ4n) is 0.383. The van der Waals surface area contributed by atoms with Crippen LogP contribution in [0.15, 0.2) is 24.3 Å². The highest BCUT2D eigenvalue weighted by Gasteiger charge is 2.19. The van der Waals surface area contributed by atoms with Gasteiger partial charge in [-0.3, -0.25) is 0 Å². The lowest BCUT2D eigenvalue weighted by Crippen LogP contribution is -2.03. The molecule has 0 unspecified atom stereocenters. The number of hydrogen-bond acceptors (Lipinski definition) is 0. The van der Waals surface area contributed by atoms with Crippen molar-refractivity contribution in [2.24, 2.45) is 0 Å². The molecule has 0 aliphatic carbocycles. The zero-order chi connectivity index (χ0) is 13.6. The Hall–Kier alpha value is -1.08. The van der Waals surface area contributed by atoms with Crippen LogP contribution in [0.1, 0.15) is 13.8 Å². The summed E-state index contributed by atoms with van der Waals surface area (Å²) in [6.45, 7) is 0.790. The zero-order valence-electron chi connectivity index (χ0n) is 8.18. The predicted molar refractivity (Wildman–Crippen MR) is 41.8 cm³/mol. The van der Waals surface area contributed by atoms with Crippen LogP contribution in [0.3, 0.4) is 0 Å². The Kier molecular flexibility index (Phi) is 7.03. The Morgan fingerprint density at radius 3 is 0.875 bits per heavy atom. The molecule has 0 nitrogen and oxygen atoms in total. The minimum absolute atomic E-state index is 0.395. The molecule has 0 aliphatic heterocycles. The minimum atomic E-state index is -3.39. The molecule has 0 fully saturated rings. The second-order valence-electron chi connectivity index (χ2n) is 2.78. The first-order valence-corrected chi connectivity index (χ1v) is 3.67. The number of rotatable bonds is 2. The first kappa shape index (κ1) is 17.3. The van der Waals surface area contributed by atoms with Gasteiger partial charge in [-0.2, -0.15) is 17.6 Å². The van der Waals surface area contributed by atoms with E-state index < -0.39 is 36.2 Å². The van der Waals surface area contributed by atoms with E-state index in [2.05, 4.69) is 0 Å². The summed E-state index contributed by atoms with van der Waals surface area (Å²) in [7, 11) is 0. The van der Waals surface area contributed by atoms with Gasteiger partial charge < -0.3 is 0 Å². The molecule has 0 rings (SSSR count). The van der Waals surface area contributed by atoms with Gasteiger partial charge in [0.25, 0.3) is 24.0 Å². The van der Waals surface area contributed by atoms with Gasteiger partial charge in [-0.1, -0.05) is 0 Å². The van der Waals surface area contributed by atoms with Crippen LogP contribution in [0.5, 0.6) is 0 Å². The first-order chi connectivity index (χ1) is 6.83. The summed E-state index contributed by atoms with van der Waals surface area (Å²) in [6, 6.07) is 0. The Bertz CT molecular complexity index is 218. The third-order valence-corrected chi connectivity index (χ3v) is 0.725. The summed E-state index contributed by atoms with van der Waals surface area (Å²) in [5.74, 6) is -6.78. The molecule has 16 heavy (non-hydrogen) atoms. The number of halogens is 8. The molecule has 0 aliphatic rings. The molecular formula is C8H8F8. The Morgan fingerprint density at radius 2 is 0.875 bits per heavy atom. The van der Waals surface area contributed by atoms with Gasteiger partial charge in [-0.25, -0.2) is 17.6 Å². The molecular weight excluding hydrogens is 248 g/mol. The largest absolute Gasteiger partial charge is 0.272 e. The van der Waals surface area contributed by atoms with E-state index in [1.54, 1.807) is 0 Å². The molecule has 0 spiro atoms. The molecule has 0 radical (unpaired) electrons. The number of hydrogen-bond donors (Lipinski definition) is 0. The fourth-order valence-corrected chi connectivity index (χ4v) is 0.383. The quantitative estimate of drug-likeness (QED) is 0.620. The van der Waals surface area contributed by atoms with Crippen LogP contribution < -0.4 is 0 Å². The van der Waals surface area contributed by atoms with Gasteiger partial charge in [0.1, 0.15) is 0 Å². The van der Waals surface area contributed by atoms with Gasteiger partial charge >= 0.3 is 0 Å². The molecule has 0 N–H and O–H groups in total. The van der Waals surface area contributed by atoms with E-state index in [0.29, 0.717) is 13.8 Å². The molecule has 0 saturated heterocycles. The molecule has 96 valence electrons. The highest BCUT2D eigenvalue weighted by atomic mass is 19.3. The summed E-state index contributed by atoms with van der Waals surface area (Å²) in [5.41, 5.74) is 0. The van der Waals surface area contributed by atoms with Crippen molar-refractivity contribution in [1.82, 2.24) is 0 Å². The molecule has 0 bridgehead atoms. The van der Waals surface area contributed by atoms with Crippen molar-refractivity contribution < 1.29 is 35.1 Å². The van der Waals surface area contributed by atoms with E-state index >= 15 is 0 Å². The van der Waals surface area contributed by atoms with Gasteiger partial charge in [0, 0.05) is 26.0 Å². The molecule has 0 heterocycles. The molecule has 0 aromatic rings. The van der Waals surface area contributed by atoms with Crippen LogP contribution in [0.4, 0.5) is 35.1 Å². The monoisotopic (exact) mass is 256 g/mol. The van der Waals surface area contributed by atoms with Crippen molar-refractivity contribution in [1.29, 1.82) is 0 Å². The predicted octanol–water partition coefficient (Wildman–Crippen LogP) is 4.84. The van der Waals surface area contributed by atoms with Crippen LogP contribution in [-0.2, 0) is 0 Å². The summed E-state index contributed by atoms with van der Waals surface area (Å²) in [4.78, 5) is 0. The van der Waals surface area contributed by atoms with Crippen molar-refractivity contribution in [3.63, 3.8) is 0 Å². The maximum atomic E-state index is 11.4. The van der Waals surface area contributed by atoms with Gasteiger partial charge in [-0.05, 0) is 0 Å². The van der Waals surface area contributed by atoms with E-state index in [1.807, 2.05) is 0 Å². The van der Waals surface area contributed by atoms with Crippen molar-refractivity contribution in [3.8, 4) is 0 Å². The van der Waals surface area contributed by atoms with Crippen LogP contribution in [-0.4, -0.2) is 11.8 Å². The lowest BCUT2D eigenvalue weighted by molar-refractivity contribution is 0.0713. The summed E-state index contributed by atoms with van der Waals surface area (Å²) in [6.07, 6.45) is -5.49. The lowest BCUT2D eigenvalue weighted by Gasteiger charge is -1.98. The highest BCUT2D eigenvalue weighted by Crippen LogP contribution is 2.17. The van der Waals surface area contributed by atoms with E-state index in [0.717, 1.165) is 0 Å². The third kappa shape index (κ3) is 23.1. The lowest BCUT2D eigenvalue weighted by atomic mass is 10.4. The molecule has 8 heteroatoms.